The zero-order valence-electron chi connectivity index (χ0n) is 12.9. The number of piperidine rings is 1. The maximum absolute atomic E-state index is 4.64. The molecule has 2 aromatic heterocycles. The fourth-order valence-electron chi connectivity index (χ4n) is 3.19. The number of nitrogens with one attached hydrogen (secondary N) is 1. The average molecular weight is 304 g/mol. The van der Waals surface area contributed by atoms with Crippen LogP contribution in [0.15, 0.2) is 12.4 Å². The second-order valence-electron chi connectivity index (χ2n) is 5.72. The van der Waals surface area contributed by atoms with E-state index >= 15 is 0 Å². The molecule has 3 heterocycles. The van der Waals surface area contributed by atoms with Crippen molar-refractivity contribution < 1.29 is 0 Å². The molecule has 1 aliphatic heterocycles. The van der Waals surface area contributed by atoms with E-state index in [2.05, 4.69) is 33.2 Å². The summed E-state index contributed by atoms with van der Waals surface area (Å²) in [6.45, 7) is 4.39. The van der Waals surface area contributed by atoms with E-state index in [1.54, 1.807) is 17.7 Å². The number of hydrogen-bond donors (Lipinski definition) is 1. The second kappa shape index (κ2) is 6.71. The first-order valence-corrected chi connectivity index (χ1v) is 8.79. The molecule has 0 spiro atoms. The summed E-state index contributed by atoms with van der Waals surface area (Å²) in [5, 5.41) is 4.53. The van der Waals surface area contributed by atoms with Crippen LogP contribution in [-0.4, -0.2) is 36.1 Å². The van der Waals surface area contributed by atoms with Gasteiger partial charge in [0.2, 0.25) is 0 Å². The highest BCUT2D eigenvalue weighted by molar-refractivity contribution is 7.18. The molecule has 0 radical (unpaired) electrons. The number of hydrogen-bond acceptors (Lipinski definition) is 5. The lowest BCUT2D eigenvalue weighted by Crippen LogP contribution is -2.41. The molecule has 1 N–H and O–H groups in total. The molecule has 3 rings (SSSR count). The molecule has 1 atom stereocenters. The van der Waals surface area contributed by atoms with Gasteiger partial charge in [0.1, 0.15) is 17.0 Å². The molecule has 1 unspecified atom stereocenters. The first-order valence-electron chi connectivity index (χ1n) is 7.98. The zero-order valence-corrected chi connectivity index (χ0v) is 13.7. The van der Waals surface area contributed by atoms with Gasteiger partial charge in [0.25, 0.3) is 0 Å². The van der Waals surface area contributed by atoms with Crippen LogP contribution in [0.3, 0.4) is 0 Å². The third-order valence-corrected chi connectivity index (χ3v) is 5.52. The van der Waals surface area contributed by atoms with Crippen molar-refractivity contribution in [3.63, 3.8) is 0 Å². The van der Waals surface area contributed by atoms with Gasteiger partial charge in [-0.1, -0.05) is 6.92 Å². The van der Waals surface area contributed by atoms with E-state index in [0.717, 1.165) is 30.2 Å². The molecule has 5 heteroatoms. The quantitative estimate of drug-likeness (QED) is 0.921. The van der Waals surface area contributed by atoms with Crippen LogP contribution in [0.25, 0.3) is 10.2 Å². The summed E-state index contributed by atoms with van der Waals surface area (Å²) in [6, 6.07) is 2.90. The van der Waals surface area contributed by atoms with Gasteiger partial charge in [-0.3, -0.25) is 0 Å². The number of nitrogens with zero attached hydrogens (tertiary/aromatic N) is 3. The van der Waals surface area contributed by atoms with Gasteiger partial charge in [0.05, 0.1) is 5.39 Å². The standard InChI is InChI=1S/C16H24N4S/c1-3-13-10-14-15(18-11-19-16(14)21-13)20-9-5-4-6-12(20)7-8-17-2/h10-12,17H,3-9H2,1-2H3. The maximum atomic E-state index is 4.64. The van der Waals surface area contributed by atoms with E-state index in [-0.39, 0.29) is 0 Å². The van der Waals surface area contributed by atoms with Gasteiger partial charge in [-0.2, -0.15) is 0 Å². The van der Waals surface area contributed by atoms with Crippen molar-refractivity contribution in [1.29, 1.82) is 0 Å². The van der Waals surface area contributed by atoms with Crippen molar-refractivity contribution in [1.82, 2.24) is 15.3 Å². The fourth-order valence-corrected chi connectivity index (χ4v) is 4.12. The van der Waals surface area contributed by atoms with Gasteiger partial charge in [0.15, 0.2) is 0 Å². The molecule has 0 bridgehead atoms. The Morgan fingerprint density at radius 2 is 2.29 bits per heavy atom. The van der Waals surface area contributed by atoms with E-state index in [9.17, 15) is 0 Å². The Morgan fingerprint density at radius 1 is 1.38 bits per heavy atom. The average Bonchev–Trinajstić information content (AvgIpc) is 2.96. The molecule has 1 aliphatic rings. The van der Waals surface area contributed by atoms with Crippen molar-refractivity contribution >= 4 is 27.4 Å². The van der Waals surface area contributed by atoms with E-state index in [0.29, 0.717) is 6.04 Å². The molecule has 1 saturated heterocycles. The van der Waals surface area contributed by atoms with E-state index in [1.165, 1.54) is 35.9 Å². The molecule has 4 nitrogen and oxygen atoms in total. The Kier molecular flexibility index (Phi) is 4.70. The minimum absolute atomic E-state index is 0.606. The molecule has 0 aromatic carbocycles. The second-order valence-corrected chi connectivity index (χ2v) is 6.83. The molecule has 21 heavy (non-hydrogen) atoms. The number of fused-ring (bicyclic) bond motifs is 1. The summed E-state index contributed by atoms with van der Waals surface area (Å²) < 4.78 is 0. The van der Waals surface area contributed by atoms with E-state index in [1.807, 2.05) is 7.05 Å². The number of rotatable bonds is 5. The van der Waals surface area contributed by atoms with Crippen molar-refractivity contribution in [2.75, 3.05) is 25.0 Å². The largest absolute Gasteiger partial charge is 0.353 e. The van der Waals surface area contributed by atoms with Crippen LogP contribution in [0.1, 0.15) is 37.5 Å². The Hall–Kier alpha value is -1.20. The van der Waals surface area contributed by atoms with E-state index in [4.69, 9.17) is 0 Å². The van der Waals surface area contributed by atoms with Crippen LogP contribution in [0, 0.1) is 0 Å². The molecular formula is C16H24N4S. The normalized spacial score (nSPS) is 19.3. The molecule has 2 aromatic rings. The number of anilines is 1. The maximum Gasteiger partial charge on any atom is 0.141 e. The molecule has 1 fully saturated rings. The fraction of sp³-hybridized carbons (Fsp3) is 0.625. The summed E-state index contributed by atoms with van der Waals surface area (Å²) in [5.41, 5.74) is 0. The predicted molar refractivity (Wildman–Crippen MR) is 90.3 cm³/mol. The van der Waals surface area contributed by atoms with Gasteiger partial charge < -0.3 is 10.2 Å². The number of aromatic nitrogens is 2. The summed E-state index contributed by atoms with van der Waals surface area (Å²) >= 11 is 1.80. The van der Waals surface area contributed by atoms with E-state index < -0.39 is 0 Å². The lowest BCUT2D eigenvalue weighted by Gasteiger charge is -2.37. The van der Waals surface area contributed by atoms with Crippen LogP contribution < -0.4 is 10.2 Å². The molecule has 0 aliphatic carbocycles. The Balaban J connectivity index is 1.94. The van der Waals surface area contributed by atoms with Gasteiger partial charge in [0, 0.05) is 17.5 Å². The summed E-state index contributed by atoms with van der Waals surface area (Å²) in [4.78, 5) is 14.2. The number of thiophene rings is 1. The Bertz CT molecular complexity index is 595. The molecule has 114 valence electrons. The highest BCUT2D eigenvalue weighted by Crippen LogP contribution is 2.34. The molecule has 0 saturated carbocycles. The van der Waals surface area contributed by atoms with Gasteiger partial charge >= 0.3 is 0 Å². The number of aryl methyl sites for hydroxylation is 1. The van der Waals surface area contributed by atoms with Crippen LogP contribution in [0.2, 0.25) is 0 Å². The van der Waals surface area contributed by atoms with Gasteiger partial charge in [-0.25, -0.2) is 9.97 Å². The van der Waals surface area contributed by atoms with Crippen molar-refractivity contribution in [3.05, 3.63) is 17.3 Å². The smallest absolute Gasteiger partial charge is 0.141 e. The highest BCUT2D eigenvalue weighted by atomic mass is 32.1. The summed E-state index contributed by atoms with van der Waals surface area (Å²) in [7, 11) is 2.03. The first kappa shape index (κ1) is 14.7. The Labute approximate surface area is 130 Å². The summed E-state index contributed by atoms with van der Waals surface area (Å²) in [6.07, 6.45) is 7.88. The Morgan fingerprint density at radius 3 is 3.10 bits per heavy atom. The summed E-state index contributed by atoms with van der Waals surface area (Å²) in [5.74, 6) is 1.15. The molecular weight excluding hydrogens is 280 g/mol. The van der Waals surface area contributed by atoms with Crippen LogP contribution >= 0.6 is 11.3 Å². The van der Waals surface area contributed by atoms with Crippen LogP contribution in [0.5, 0.6) is 0 Å². The van der Waals surface area contributed by atoms with Gasteiger partial charge in [-0.05, 0) is 51.8 Å². The van der Waals surface area contributed by atoms with Gasteiger partial charge in [-0.15, -0.1) is 11.3 Å². The molecule has 0 amide bonds. The SMILES string of the molecule is CCc1cc2c(N3CCCCC3CCNC)ncnc2s1. The third-order valence-electron chi connectivity index (χ3n) is 4.33. The zero-order chi connectivity index (χ0) is 14.7. The van der Waals surface area contributed by atoms with Crippen molar-refractivity contribution in [2.45, 2.75) is 45.1 Å². The lowest BCUT2D eigenvalue weighted by atomic mass is 9.99. The lowest BCUT2D eigenvalue weighted by molar-refractivity contribution is 0.431. The minimum Gasteiger partial charge on any atom is -0.353 e. The predicted octanol–water partition coefficient (Wildman–Crippen LogP) is 3.22. The van der Waals surface area contributed by atoms with Crippen molar-refractivity contribution in [3.8, 4) is 0 Å². The monoisotopic (exact) mass is 304 g/mol. The van der Waals surface area contributed by atoms with Crippen LogP contribution in [0.4, 0.5) is 5.82 Å². The third kappa shape index (κ3) is 3.04. The topological polar surface area (TPSA) is 41.0 Å². The minimum atomic E-state index is 0.606. The first-order chi connectivity index (χ1) is 10.3. The highest BCUT2D eigenvalue weighted by Gasteiger charge is 2.25. The van der Waals surface area contributed by atoms with Crippen molar-refractivity contribution in [2.24, 2.45) is 0 Å². The van der Waals surface area contributed by atoms with Crippen LogP contribution in [-0.2, 0) is 6.42 Å².